The van der Waals surface area contributed by atoms with Crippen molar-refractivity contribution in [2.75, 3.05) is 6.61 Å². The fraction of sp³-hybridized carbons (Fsp3) is 0.273. The molecule has 3 heteroatoms. The van der Waals surface area contributed by atoms with E-state index in [0.29, 0.717) is 23.5 Å². The highest BCUT2D eigenvalue weighted by atomic mass is 19.1. The molecule has 1 N–H and O–H groups in total. The molecule has 0 radical (unpaired) electrons. The molecule has 0 bridgehead atoms. The lowest BCUT2D eigenvalue weighted by molar-refractivity contribution is 0.276. The molecule has 14 heavy (non-hydrogen) atoms. The van der Waals surface area contributed by atoms with E-state index in [0.717, 1.165) is 0 Å². The lowest BCUT2D eigenvalue weighted by Gasteiger charge is -2.10. The summed E-state index contributed by atoms with van der Waals surface area (Å²) in [4.78, 5) is 0. The third-order valence-electron chi connectivity index (χ3n) is 1.86. The van der Waals surface area contributed by atoms with Crippen LogP contribution in [-0.4, -0.2) is 11.7 Å². The monoisotopic (exact) mass is 196 g/mol. The minimum atomic E-state index is -0.363. The van der Waals surface area contributed by atoms with Gasteiger partial charge in [-0.2, -0.15) is 0 Å². The van der Waals surface area contributed by atoms with Gasteiger partial charge in [0.05, 0.1) is 13.2 Å². The van der Waals surface area contributed by atoms with E-state index >= 15 is 0 Å². The molecule has 0 unspecified atom stereocenters. The Bertz CT molecular complexity index is 334. The van der Waals surface area contributed by atoms with Crippen molar-refractivity contribution >= 4 is 5.76 Å². The second-order valence-corrected chi connectivity index (χ2v) is 2.82. The van der Waals surface area contributed by atoms with Crippen LogP contribution in [-0.2, 0) is 11.3 Å². The summed E-state index contributed by atoms with van der Waals surface area (Å²) in [6, 6.07) is 4.13. The third-order valence-corrected chi connectivity index (χ3v) is 1.86. The van der Waals surface area contributed by atoms with Gasteiger partial charge in [-0.1, -0.05) is 12.6 Å². The Balaban J connectivity index is 3.03. The Hall–Kier alpha value is -1.35. The van der Waals surface area contributed by atoms with Crippen LogP contribution in [0.2, 0.25) is 0 Å². The van der Waals surface area contributed by atoms with E-state index in [1.54, 1.807) is 0 Å². The van der Waals surface area contributed by atoms with Gasteiger partial charge in [-0.05, 0) is 24.6 Å². The van der Waals surface area contributed by atoms with Crippen molar-refractivity contribution in [1.29, 1.82) is 0 Å². The maximum atomic E-state index is 12.9. The minimum Gasteiger partial charge on any atom is -0.494 e. The van der Waals surface area contributed by atoms with Crippen molar-refractivity contribution in [3.8, 4) is 0 Å². The highest BCUT2D eigenvalue weighted by molar-refractivity contribution is 5.61. The third kappa shape index (κ3) is 2.33. The van der Waals surface area contributed by atoms with Crippen LogP contribution in [0, 0.1) is 5.82 Å². The molecule has 0 aliphatic carbocycles. The van der Waals surface area contributed by atoms with Crippen LogP contribution in [0.25, 0.3) is 5.76 Å². The molecule has 0 spiro atoms. The van der Waals surface area contributed by atoms with Gasteiger partial charge >= 0.3 is 0 Å². The number of aliphatic hydroxyl groups is 1. The second-order valence-electron chi connectivity index (χ2n) is 2.82. The molecule has 0 saturated heterocycles. The quantitative estimate of drug-likeness (QED) is 0.749. The summed E-state index contributed by atoms with van der Waals surface area (Å²) in [5, 5.41) is 9.01. The smallest absolute Gasteiger partial charge is 0.123 e. The molecule has 1 aromatic rings. The molecule has 0 saturated carbocycles. The lowest BCUT2D eigenvalue weighted by Crippen LogP contribution is -1.97. The van der Waals surface area contributed by atoms with Crippen molar-refractivity contribution < 1.29 is 14.2 Å². The maximum absolute atomic E-state index is 12.9. The summed E-state index contributed by atoms with van der Waals surface area (Å²) < 4.78 is 18.1. The van der Waals surface area contributed by atoms with Crippen LogP contribution >= 0.6 is 0 Å². The Labute approximate surface area is 82.6 Å². The van der Waals surface area contributed by atoms with E-state index in [2.05, 4.69) is 6.58 Å². The van der Waals surface area contributed by atoms with E-state index in [1.807, 2.05) is 6.92 Å². The normalized spacial score (nSPS) is 9.93. The zero-order valence-corrected chi connectivity index (χ0v) is 8.09. The van der Waals surface area contributed by atoms with Crippen molar-refractivity contribution in [2.45, 2.75) is 13.5 Å². The van der Waals surface area contributed by atoms with Crippen molar-refractivity contribution in [2.24, 2.45) is 0 Å². The summed E-state index contributed by atoms with van der Waals surface area (Å²) in [5.74, 6) is 0.0223. The van der Waals surface area contributed by atoms with Crippen LogP contribution < -0.4 is 0 Å². The van der Waals surface area contributed by atoms with Gasteiger partial charge in [-0.25, -0.2) is 4.39 Å². The first-order chi connectivity index (χ1) is 6.69. The Kier molecular flexibility index (Phi) is 3.65. The summed E-state index contributed by atoms with van der Waals surface area (Å²) in [6.45, 7) is 5.81. The molecule has 0 amide bonds. The van der Waals surface area contributed by atoms with Crippen LogP contribution in [0.15, 0.2) is 24.8 Å². The van der Waals surface area contributed by atoms with E-state index < -0.39 is 0 Å². The van der Waals surface area contributed by atoms with Gasteiger partial charge in [0.2, 0.25) is 0 Å². The average molecular weight is 196 g/mol. The van der Waals surface area contributed by atoms with Crippen LogP contribution in [0.1, 0.15) is 18.1 Å². The summed E-state index contributed by atoms with van der Waals surface area (Å²) in [7, 11) is 0. The Morgan fingerprint density at radius 2 is 2.29 bits per heavy atom. The standard InChI is InChI=1S/C11H13FO2/c1-3-14-8(2)11-6-10(12)5-4-9(11)7-13/h4-6,13H,2-3,7H2,1H3. The Morgan fingerprint density at radius 3 is 2.86 bits per heavy atom. The second kappa shape index (κ2) is 4.77. The first-order valence-corrected chi connectivity index (χ1v) is 4.40. The zero-order valence-electron chi connectivity index (χ0n) is 8.09. The van der Waals surface area contributed by atoms with Crippen molar-refractivity contribution in [1.82, 2.24) is 0 Å². The largest absolute Gasteiger partial charge is 0.494 e. The van der Waals surface area contributed by atoms with E-state index in [9.17, 15) is 4.39 Å². The van der Waals surface area contributed by atoms with Gasteiger partial charge in [0.15, 0.2) is 0 Å². The van der Waals surface area contributed by atoms with Gasteiger partial charge < -0.3 is 9.84 Å². The minimum absolute atomic E-state index is 0.151. The highest BCUT2D eigenvalue weighted by Crippen LogP contribution is 2.20. The maximum Gasteiger partial charge on any atom is 0.123 e. The molecule has 0 atom stereocenters. The molecule has 2 nitrogen and oxygen atoms in total. The topological polar surface area (TPSA) is 29.5 Å². The number of rotatable bonds is 4. The number of aliphatic hydroxyl groups excluding tert-OH is 1. The van der Waals surface area contributed by atoms with Gasteiger partial charge in [0.25, 0.3) is 0 Å². The van der Waals surface area contributed by atoms with Crippen molar-refractivity contribution in [3.63, 3.8) is 0 Å². The van der Waals surface area contributed by atoms with Gasteiger partial charge in [0, 0.05) is 5.56 Å². The molecule has 0 aliphatic rings. The SMILES string of the molecule is C=C(OCC)c1cc(F)ccc1CO. The molecule has 1 aromatic carbocycles. The van der Waals surface area contributed by atoms with E-state index in [-0.39, 0.29) is 12.4 Å². The predicted octanol–water partition coefficient (Wildman–Crippen LogP) is 2.33. The van der Waals surface area contributed by atoms with Gasteiger partial charge in [-0.3, -0.25) is 0 Å². The van der Waals surface area contributed by atoms with Gasteiger partial charge in [0.1, 0.15) is 11.6 Å². The lowest BCUT2D eigenvalue weighted by atomic mass is 10.1. The van der Waals surface area contributed by atoms with Crippen LogP contribution in [0.3, 0.4) is 0 Å². The summed E-state index contributed by atoms with van der Waals surface area (Å²) >= 11 is 0. The predicted molar refractivity (Wildman–Crippen MR) is 53.0 cm³/mol. The molecule has 0 fully saturated rings. The number of ether oxygens (including phenoxy) is 1. The molecular formula is C11H13FO2. The number of hydrogen-bond acceptors (Lipinski definition) is 2. The summed E-state index contributed by atoms with van der Waals surface area (Å²) in [6.07, 6.45) is 0. The molecule has 0 aliphatic heterocycles. The average Bonchev–Trinajstić information content (AvgIpc) is 2.18. The highest BCUT2D eigenvalue weighted by Gasteiger charge is 2.07. The summed E-state index contributed by atoms with van der Waals surface area (Å²) in [5.41, 5.74) is 1.14. The number of hydrogen-bond donors (Lipinski definition) is 1. The number of halogens is 1. The molecule has 1 rings (SSSR count). The zero-order chi connectivity index (χ0) is 10.6. The molecule has 76 valence electrons. The molecular weight excluding hydrogens is 183 g/mol. The van der Waals surface area contributed by atoms with Gasteiger partial charge in [-0.15, -0.1) is 0 Å². The first-order valence-electron chi connectivity index (χ1n) is 4.40. The van der Waals surface area contributed by atoms with Crippen LogP contribution in [0.5, 0.6) is 0 Å². The Morgan fingerprint density at radius 1 is 1.57 bits per heavy atom. The molecule has 0 aromatic heterocycles. The van der Waals surface area contributed by atoms with Crippen LogP contribution in [0.4, 0.5) is 4.39 Å². The van der Waals surface area contributed by atoms with E-state index in [1.165, 1.54) is 18.2 Å². The van der Waals surface area contributed by atoms with E-state index in [4.69, 9.17) is 9.84 Å². The number of benzene rings is 1. The fourth-order valence-electron chi connectivity index (χ4n) is 1.20. The molecule has 0 heterocycles. The van der Waals surface area contributed by atoms with Crippen molar-refractivity contribution in [3.05, 3.63) is 41.7 Å². The first kappa shape index (κ1) is 10.7. The fourth-order valence-corrected chi connectivity index (χ4v) is 1.20.